The fourth-order valence-corrected chi connectivity index (χ4v) is 6.13. The summed E-state index contributed by atoms with van der Waals surface area (Å²) in [5, 5.41) is 26.7. The van der Waals surface area contributed by atoms with Crippen LogP contribution in [-0.4, -0.2) is 70.6 Å². The maximum atomic E-state index is 10.6. The summed E-state index contributed by atoms with van der Waals surface area (Å²) in [6.07, 6.45) is 4.73. The molecule has 0 unspecified atom stereocenters. The predicted octanol–water partition coefficient (Wildman–Crippen LogP) is 3.38. The molecule has 0 saturated carbocycles. The molecular formula is C25H36N6O. The predicted molar refractivity (Wildman–Crippen MR) is 129 cm³/mol. The Morgan fingerprint density at radius 1 is 1.19 bits per heavy atom. The molecule has 3 aliphatic rings. The van der Waals surface area contributed by atoms with E-state index in [1.165, 1.54) is 19.3 Å². The number of piperidine rings is 1. The van der Waals surface area contributed by atoms with E-state index in [1.807, 2.05) is 25.1 Å². The lowest BCUT2D eigenvalue weighted by molar-refractivity contribution is 0.120. The zero-order valence-electron chi connectivity index (χ0n) is 19.6. The van der Waals surface area contributed by atoms with Gasteiger partial charge < -0.3 is 20.6 Å². The molecule has 0 radical (unpaired) electrons. The number of aryl methyl sites for hydroxylation is 1. The second-order valence-electron chi connectivity index (χ2n) is 9.65. The number of likely N-dealkylation sites (N-methyl/N-ethyl adjacent to an activating group) is 1. The number of nitrogens with zero attached hydrogens (tertiary/aromatic N) is 4. The molecule has 2 atom stereocenters. The van der Waals surface area contributed by atoms with Crippen molar-refractivity contribution < 1.29 is 5.11 Å². The molecule has 32 heavy (non-hydrogen) atoms. The van der Waals surface area contributed by atoms with E-state index in [0.717, 1.165) is 67.5 Å². The first-order valence-corrected chi connectivity index (χ1v) is 12.2. The normalized spacial score (nSPS) is 25.5. The summed E-state index contributed by atoms with van der Waals surface area (Å²) in [5.74, 6) is 1.14. The Kier molecular flexibility index (Phi) is 5.72. The van der Waals surface area contributed by atoms with Crippen LogP contribution in [0.25, 0.3) is 11.3 Å². The van der Waals surface area contributed by atoms with Gasteiger partial charge in [0.25, 0.3) is 0 Å². The number of anilines is 2. The van der Waals surface area contributed by atoms with E-state index >= 15 is 0 Å². The molecule has 3 aliphatic heterocycles. The van der Waals surface area contributed by atoms with Crippen LogP contribution in [0.4, 0.5) is 11.5 Å². The first-order chi connectivity index (χ1) is 15.6. The van der Waals surface area contributed by atoms with Crippen molar-refractivity contribution in [2.24, 2.45) is 0 Å². The van der Waals surface area contributed by atoms with Gasteiger partial charge in [-0.25, -0.2) is 0 Å². The fourth-order valence-electron chi connectivity index (χ4n) is 6.13. The van der Waals surface area contributed by atoms with E-state index in [-0.39, 0.29) is 11.3 Å². The number of benzene rings is 1. The fraction of sp³-hybridized carbons (Fsp3) is 0.600. The highest BCUT2D eigenvalue weighted by atomic mass is 16.3. The molecule has 0 amide bonds. The molecule has 7 nitrogen and oxygen atoms in total. The first-order valence-electron chi connectivity index (χ1n) is 12.2. The molecule has 0 bridgehead atoms. The summed E-state index contributed by atoms with van der Waals surface area (Å²) >= 11 is 0. The van der Waals surface area contributed by atoms with E-state index in [9.17, 15) is 5.11 Å². The van der Waals surface area contributed by atoms with Gasteiger partial charge in [0.15, 0.2) is 5.82 Å². The molecule has 7 heteroatoms. The monoisotopic (exact) mass is 436 g/mol. The number of phenolic OH excluding ortho intramolecular Hbond substituents is 1. The molecule has 4 heterocycles. The molecule has 3 N–H and O–H groups in total. The quantitative estimate of drug-likeness (QED) is 0.663. The van der Waals surface area contributed by atoms with Crippen molar-refractivity contribution in [1.82, 2.24) is 20.4 Å². The smallest absolute Gasteiger partial charge is 0.172 e. The SMILES string of the molecule is CCN(C1CCNCC1)[C@H]1CN2c3cc(-c4cccc(C)c4O)nnc3NC[C@@]2(CC)C1. The average molecular weight is 437 g/mol. The Bertz CT molecular complexity index is 975. The van der Waals surface area contributed by atoms with Crippen LogP contribution >= 0.6 is 0 Å². The van der Waals surface area contributed by atoms with Gasteiger partial charge in [-0.3, -0.25) is 4.90 Å². The summed E-state index contributed by atoms with van der Waals surface area (Å²) in [5.41, 5.74) is 3.53. The highest BCUT2D eigenvalue weighted by Gasteiger charge is 2.49. The Balaban J connectivity index is 1.49. The number of para-hydroxylation sites is 1. The van der Waals surface area contributed by atoms with Crippen molar-refractivity contribution in [3.63, 3.8) is 0 Å². The average Bonchev–Trinajstić information content (AvgIpc) is 3.22. The lowest BCUT2D eigenvalue weighted by atomic mass is 9.88. The summed E-state index contributed by atoms with van der Waals surface area (Å²) < 4.78 is 0. The van der Waals surface area contributed by atoms with E-state index in [1.54, 1.807) is 0 Å². The van der Waals surface area contributed by atoms with Crippen LogP contribution in [0.1, 0.15) is 45.1 Å². The summed E-state index contributed by atoms with van der Waals surface area (Å²) in [7, 11) is 0. The maximum absolute atomic E-state index is 10.6. The molecule has 2 saturated heterocycles. The molecule has 2 aromatic rings. The van der Waals surface area contributed by atoms with E-state index < -0.39 is 0 Å². The number of hydrogen-bond acceptors (Lipinski definition) is 7. The van der Waals surface area contributed by atoms with Gasteiger partial charge >= 0.3 is 0 Å². The van der Waals surface area contributed by atoms with Crippen molar-refractivity contribution in [3.05, 3.63) is 29.8 Å². The van der Waals surface area contributed by atoms with E-state index in [2.05, 4.69) is 50.5 Å². The van der Waals surface area contributed by atoms with Gasteiger partial charge in [0.2, 0.25) is 0 Å². The van der Waals surface area contributed by atoms with Gasteiger partial charge in [-0.05, 0) is 69.9 Å². The van der Waals surface area contributed by atoms with Gasteiger partial charge in [0, 0.05) is 30.7 Å². The van der Waals surface area contributed by atoms with Crippen molar-refractivity contribution in [2.45, 2.75) is 64.1 Å². The number of nitrogens with one attached hydrogen (secondary N) is 2. The Hall–Kier alpha value is -2.38. The van der Waals surface area contributed by atoms with Gasteiger partial charge in [-0.2, -0.15) is 0 Å². The maximum Gasteiger partial charge on any atom is 0.172 e. The minimum atomic E-state index is 0.0902. The largest absolute Gasteiger partial charge is 0.507 e. The van der Waals surface area contributed by atoms with Crippen molar-refractivity contribution in [2.75, 3.05) is 42.9 Å². The van der Waals surface area contributed by atoms with Crippen LogP contribution in [0.15, 0.2) is 24.3 Å². The molecule has 0 spiro atoms. The molecule has 5 rings (SSSR count). The number of hydrogen-bond donors (Lipinski definition) is 3. The van der Waals surface area contributed by atoms with Crippen molar-refractivity contribution >= 4 is 11.5 Å². The van der Waals surface area contributed by atoms with E-state index in [4.69, 9.17) is 0 Å². The number of aromatic hydroxyl groups is 1. The van der Waals surface area contributed by atoms with Crippen LogP contribution < -0.4 is 15.5 Å². The lowest BCUT2D eigenvalue weighted by Gasteiger charge is -2.44. The molecule has 1 aromatic carbocycles. The molecule has 0 aliphatic carbocycles. The number of rotatable bonds is 5. The second kappa shape index (κ2) is 8.52. The third kappa shape index (κ3) is 3.52. The van der Waals surface area contributed by atoms with Gasteiger partial charge in [0.05, 0.1) is 16.9 Å². The number of phenols is 1. The lowest BCUT2D eigenvalue weighted by Crippen LogP contribution is -2.52. The Labute approximate surface area is 191 Å². The highest BCUT2D eigenvalue weighted by molar-refractivity contribution is 5.78. The highest BCUT2D eigenvalue weighted by Crippen LogP contribution is 2.46. The molecule has 172 valence electrons. The Morgan fingerprint density at radius 2 is 2.00 bits per heavy atom. The van der Waals surface area contributed by atoms with Gasteiger partial charge in [-0.15, -0.1) is 10.2 Å². The van der Waals surface area contributed by atoms with Crippen LogP contribution in [0.2, 0.25) is 0 Å². The third-order valence-electron chi connectivity index (χ3n) is 8.01. The topological polar surface area (TPSA) is 76.5 Å². The van der Waals surface area contributed by atoms with Crippen LogP contribution in [0.5, 0.6) is 5.75 Å². The summed E-state index contributed by atoms with van der Waals surface area (Å²) in [6, 6.07) is 9.13. The number of fused-ring (bicyclic) bond motifs is 3. The minimum absolute atomic E-state index is 0.0902. The Morgan fingerprint density at radius 3 is 2.75 bits per heavy atom. The van der Waals surface area contributed by atoms with Crippen LogP contribution in [-0.2, 0) is 0 Å². The zero-order valence-corrected chi connectivity index (χ0v) is 19.6. The minimum Gasteiger partial charge on any atom is -0.507 e. The molecule has 2 fully saturated rings. The molecule has 1 aromatic heterocycles. The summed E-state index contributed by atoms with van der Waals surface area (Å²) in [4.78, 5) is 5.36. The van der Waals surface area contributed by atoms with Crippen LogP contribution in [0.3, 0.4) is 0 Å². The van der Waals surface area contributed by atoms with Crippen molar-refractivity contribution in [3.8, 4) is 17.0 Å². The van der Waals surface area contributed by atoms with Crippen LogP contribution in [0, 0.1) is 6.92 Å². The van der Waals surface area contributed by atoms with Gasteiger partial charge in [-0.1, -0.05) is 26.0 Å². The second-order valence-corrected chi connectivity index (χ2v) is 9.65. The van der Waals surface area contributed by atoms with Gasteiger partial charge in [0.1, 0.15) is 5.75 Å². The van der Waals surface area contributed by atoms with Crippen molar-refractivity contribution in [1.29, 1.82) is 0 Å². The first kappa shape index (κ1) is 21.5. The number of aromatic nitrogens is 2. The summed E-state index contributed by atoms with van der Waals surface area (Å²) in [6.45, 7) is 11.8. The standard InChI is InChI=1S/C25H36N6O/c1-4-25-14-19(30(5-2)18-9-11-26-12-10-18)15-31(25)22-13-21(28-29-24(22)27-16-25)20-8-6-7-17(3)23(20)32/h6-8,13,18-19,26,32H,4-5,9-12,14-16H2,1-3H3,(H,27,29)/t19-,25-/m1/s1. The third-order valence-corrected chi connectivity index (χ3v) is 8.01. The zero-order chi connectivity index (χ0) is 22.3. The van der Waals surface area contributed by atoms with E-state index in [0.29, 0.717) is 12.1 Å². The molecular weight excluding hydrogens is 400 g/mol.